The molecule has 14 aromatic rings. The fourth-order valence-electron chi connectivity index (χ4n) is 14.4. The molecule has 416 valence electrons. The summed E-state index contributed by atoms with van der Waals surface area (Å²) >= 11 is 0. The van der Waals surface area contributed by atoms with E-state index in [0.717, 1.165) is 151 Å². The summed E-state index contributed by atoms with van der Waals surface area (Å²) in [5, 5.41) is 0. The highest BCUT2D eigenvalue weighted by atomic mass is 16.5. The molecule has 0 fully saturated rings. The first-order valence-electron chi connectivity index (χ1n) is 30.7. The van der Waals surface area contributed by atoms with Gasteiger partial charge in [-0.25, -0.2) is 0 Å². The van der Waals surface area contributed by atoms with Crippen molar-refractivity contribution in [2.45, 2.75) is 5.41 Å². The molecule has 0 amide bonds. The number of hydrogen-bond donors (Lipinski definition) is 0. The van der Waals surface area contributed by atoms with Gasteiger partial charge in [0.2, 0.25) is 0 Å². The minimum absolute atomic E-state index is 0.216. The lowest BCUT2D eigenvalue weighted by Crippen LogP contribution is -2.59. The summed E-state index contributed by atoms with van der Waals surface area (Å²) in [5.74, 6) is 3.32. The molecule has 89 heavy (non-hydrogen) atoms. The van der Waals surface area contributed by atoms with Gasteiger partial charge in [-0.05, 0) is 149 Å². The van der Waals surface area contributed by atoms with Crippen LogP contribution in [0.1, 0.15) is 22.3 Å². The van der Waals surface area contributed by atoms with E-state index in [1.54, 1.807) is 0 Å². The number of para-hydroxylation sites is 2. The van der Waals surface area contributed by atoms with Crippen LogP contribution >= 0.6 is 0 Å². The Kier molecular flexibility index (Phi) is 12.5. The maximum absolute atomic E-state index is 7.54. The van der Waals surface area contributed by atoms with Gasteiger partial charge in [0.1, 0.15) is 23.0 Å². The van der Waals surface area contributed by atoms with Gasteiger partial charge in [0.05, 0.1) is 11.1 Å². The number of hydrogen-bond acceptors (Lipinski definition) is 3. The van der Waals surface area contributed by atoms with Crippen molar-refractivity contribution in [3.05, 3.63) is 362 Å². The van der Waals surface area contributed by atoms with Crippen LogP contribution in [0.25, 0.3) is 77.9 Å². The summed E-state index contributed by atoms with van der Waals surface area (Å²) in [5.41, 5.74) is 26.1. The Hall–Kier alpha value is -11.5. The number of benzene rings is 14. The van der Waals surface area contributed by atoms with Crippen molar-refractivity contribution in [2.75, 3.05) is 4.90 Å². The van der Waals surface area contributed by atoms with E-state index < -0.39 is 5.41 Å². The van der Waals surface area contributed by atoms with Crippen LogP contribution in [0.2, 0.25) is 0 Å². The molecule has 3 heterocycles. The van der Waals surface area contributed by atoms with E-state index in [1.165, 1.54) is 5.46 Å². The zero-order chi connectivity index (χ0) is 58.8. The molecule has 0 aliphatic carbocycles. The molecule has 0 radical (unpaired) electrons. The Labute approximate surface area is 519 Å². The average molecular weight is 1130 g/mol. The predicted molar refractivity (Wildman–Crippen MR) is 369 cm³/mol. The molecule has 0 saturated heterocycles. The quantitative estimate of drug-likeness (QED) is 0.127. The van der Waals surface area contributed by atoms with Crippen LogP contribution in [-0.4, -0.2) is 6.71 Å². The van der Waals surface area contributed by atoms with Crippen LogP contribution in [0.5, 0.6) is 23.0 Å². The van der Waals surface area contributed by atoms with E-state index in [9.17, 15) is 0 Å². The smallest absolute Gasteiger partial charge is 0.256 e. The molecule has 0 saturated carbocycles. The number of ether oxygens (including phenoxy) is 2. The molecule has 0 atom stereocenters. The Bertz CT molecular complexity index is 4870. The summed E-state index contributed by atoms with van der Waals surface area (Å²) in [7, 11) is 0. The van der Waals surface area contributed by atoms with Gasteiger partial charge in [-0.15, -0.1) is 0 Å². The van der Waals surface area contributed by atoms with E-state index in [4.69, 9.17) is 9.47 Å². The summed E-state index contributed by atoms with van der Waals surface area (Å²) in [6.45, 7) is -0.216. The van der Waals surface area contributed by atoms with Crippen molar-refractivity contribution in [1.82, 2.24) is 0 Å². The maximum Gasteiger partial charge on any atom is 0.256 e. The molecule has 3 aliphatic heterocycles. The van der Waals surface area contributed by atoms with Crippen LogP contribution < -0.4 is 30.8 Å². The van der Waals surface area contributed by atoms with Crippen molar-refractivity contribution in [3.8, 4) is 101 Å². The topological polar surface area (TPSA) is 21.7 Å². The van der Waals surface area contributed by atoms with E-state index in [-0.39, 0.29) is 6.71 Å². The highest BCUT2D eigenvalue weighted by Crippen LogP contribution is 2.57. The number of anilines is 3. The van der Waals surface area contributed by atoms with Crippen LogP contribution in [0, 0.1) is 0 Å². The zero-order valence-corrected chi connectivity index (χ0v) is 48.7. The van der Waals surface area contributed by atoms with Crippen molar-refractivity contribution >= 4 is 40.2 Å². The first-order valence-corrected chi connectivity index (χ1v) is 30.7. The summed E-state index contributed by atoms with van der Waals surface area (Å²) < 4.78 is 14.5. The third kappa shape index (κ3) is 8.74. The van der Waals surface area contributed by atoms with Gasteiger partial charge >= 0.3 is 0 Å². The maximum atomic E-state index is 7.54. The van der Waals surface area contributed by atoms with E-state index in [0.29, 0.717) is 0 Å². The minimum Gasteiger partial charge on any atom is -0.458 e. The largest absolute Gasteiger partial charge is 0.458 e. The van der Waals surface area contributed by atoms with Crippen molar-refractivity contribution in [3.63, 3.8) is 0 Å². The van der Waals surface area contributed by atoms with Crippen LogP contribution in [-0.2, 0) is 5.41 Å². The van der Waals surface area contributed by atoms with Crippen LogP contribution in [0.15, 0.2) is 340 Å². The number of rotatable bonds is 10. The predicted octanol–water partition coefficient (Wildman–Crippen LogP) is 20.2. The van der Waals surface area contributed by atoms with Crippen LogP contribution in [0.4, 0.5) is 17.1 Å². The van der Waals surface area contributed by atoms with Crippen LogP contribution in [0.3, 0.4) is 0 Å². The second-order valence-corrected chi connectivity index (χ2v) is 23.4. The fraction of sp³-hybridized carbons (Fsp3) is 0.0118. The Morgan fingerprint density at radius 1 is 0.247 bits per heavy atom. The molecular formula is C85H56BNO2. The molecular weight excluding hydrogens is 1080 g/mol. The third-order valence-electron chi connectivity index (χ3n) is 18.4. The first kappa shape index (κ1) is 51.9. The molecule has 0 bridgehead atoms. The molecule has 0 aromatic heterocycles. The van der Waals surface area contributed by atoms with E-state index in [1.807, 2.05) is 0 Å². The Morgan fingerprint density at radius 3 is 1.22 bits per heavy atom. The molecule has 0 spiro atoms. The van der Waals surface area contributed by atoms with Gasteiger partial charge in [-0.2, -0.15) is 0 Å². The SMILES string of the molecule is c1ccc(-c2cccc(-c3cccc(-c4cccc(-c5ccccc5)c4)c3N3c4ccc(-c5ccccc5)cc4B4c5cc(-c6ccccc6)ccc5Oc5cc(-c6ccc7c(c6)C(c6ccccc6)(c6ccccc6)c6ccccc6O7)cc3c54)c2)cc1. The van der Waals surface area contributed by atoms with E-state index in [2.05, 4.69) is 345 Å². The lowest BCUT2D eigenvalue weighted by Gasteiger charge is -2.42. The molecule has 0 N–H and O–H groups in total. The van der Waals surface area contributed by atoms with Crippen molar-refractivity contribution in [1.29, 1.82) is 0 Å². The van der Waals surface area contributed by atoms with Gasteiger partial charge in [-0.3, -0.25) is 0 Å². The molecule has 17 rings (SSSR count). The third-order valence-corrected chi connectivity index (χ3v) is 18.4. The molecule has 4 heteroatoms. The minimum atomic E-state index is -0.722. The number of nitrogens with zero attached hydrogens (tertiary/aromatic N) is 1. The molecule has 0 unspecified atom stereocenters. The summed E-state index contributed by atoms with van der Waals surface area (Å²) in [4.78, 5) is 2.59. The van der Waals surface area contributed by atoms with Crippen molar-refractivity contribution < 1.29 is 9.47 Å². The fourth-order valence-corrected chi connectivity index (χ4v) is 14.4. The molecule has 3 nitrogen and oxygen atoms in total. The first-order chi connectivity index (χ1) is 44.1. The second kappa shape index (κ2) is 21.5. The standard InChI is InChI=1S/C85H56BNO2/c1-7-24-57(25-8-1)61-32-21-34-66(50-61)71-40-23-41-72(67-35-22-33-62(51-67)58-26-9-2-10-27-58)84(71)87-77-47-44-64(59-28-11-3-12-29-59)53-75(77)86-76-54-65(60-30-13-4-14-31-60)46-49-81(76)89-82-56-68(55-78(87)83(82)86)63-45-48-80-74(52-63)85(69-36-15-5-16-37-69,70-38-17-6-18-39-70)73-42-19-20-43-79(73)88-80/h1-56H. The summed E-state index contributed by atoms with van der Waals surface area (Å²) in [6, 6.07) is 124. The van der Waals surface area contributed by atoms with E-state index >= 15 is 0 Å². The Balaban J connectivity index is 0.970. The summed E-state index contributed by atoms with van der Waals surface area (Å²) in [6.07, 6.45) is 0. The zero-order valence-electron chi connectivity index (χ0n) is 48.7. The second-order valence-electron chi connectivity index (χ2n) is 23.4. The monoisotopic (exact) mass is 1130 g/mol. The molecule has 3 aliphatic rings. The van der Waals surface area contributed by atoms with Gasteiger partial charge in [-0.1, -0.05) is 285 Å². The van der Waals surface area contributed by atoms with Gasteiger partial charge in [0, 0.05) is 33.6 Å². The highest BCUT2D eigenvalue weighted by molar-refractivity contribution is 6.99. The van der Waals surface area contributed by atoms with Gasteiger partial charge < -0.3 is 14.4 Å². The van der Waals surface area contributed by atoms with Gasteiger partial charge in [0.25, 0.3) is 6.71 Å². The van der Waals surface area contributed by atoms with Crippen molar-refractivity contribution in [2.24, 2.45) is 0 Å². The number of fused-ring (bicyclic) bond motifs is 6. The Morgan fingerprint density at radius 2 is 0.663 bits per heavy atom. The average Bonchev–Trinajstić information content (AvgIpc) is 0.753. The normalized spacial score (nSPS) is 12.9. The highest BCUT2D eigenvalue weighted by Gasteiger charge is 2.47. The lowest BCUT2D eigenvalue weighted by molar-refractivity contribution is 0.434. The van der Waals surface area contributed by atoms with Gasteiger partial charge in [0.15, 0.2) is 0 Å². The lowest BCUT2D eigenvalue weighted by atomic mass is 9.34. The molecule has 14 aromatic carbocycles.